The molecule has 110 valence electrons. The fourth-order valence-corrected chi connectivity index (χ4v) is 3.03. The molecule has 1 aliphatic rings. The molecule has 3 rings (SSSR count). The number of rotatable bonds is 3. The molecule has 0 unspecified atom stereocenters. The van der Waals surface area contributed by atoms with Crippen molar-refractivity contribution in [3.8, 4) is 0 Å². The number of nitrogens with two attached hydrogens (primary N) is 1. The van der Waals surface area contributed by atoms with E-state index < -0.39 is 0 Å². The van der Waals surface area contributed by atoms with Crippen molar-refractivity contribution in [2.75, 3.05) is 18.4 Å². The minimum absolute atomic E-state index is 0.0621. The smallest absolute Gasteiger partial charge is 0.256 e. The van der Waals surface area contributed by atoms with Gasteiger partial charge in [-0.2, -0.15) is 0 Å². The Balaban J connectivity index is 1.80. The van der Waals surface area contributed by atoms with Crippen LogP contribution in [0.15, 0.2) is 29.0 Å². The SMILES string of the molecule is Cc1ccc(Nc2cscc2C(=O)N2CC(N)C2)c(F)c1. The van der Waals surface area contributed by atoms with Crippen molar-refractivity contribution >= 4 is 28.6 Å². The molecule has 2 aromatic rings. The molecule has 0 saturated carbocycles. The third-order valence-electron chi connectivity index (χ3n) is 3.48. The molecule has 2 heterocycles. The first kappa shape index (κ1) is 14.0. The van der Waals surface area contributed by atoms with Crippen LogP contribution in [-0.4, -0.2) is 29.9 Å². The van der Waals surface area contributed by atoms with Crippen LogP contribution < -0.4 is 11.1 Å². The minimum Gasteiger partial charge on any atom is -0.352 e. The summed E-state index contributed by atoms with van der Waals surface area (Å²) >= 11 is 1.41. The highest BCUT2D eigenvalue weighted by atomic mass is 32.1. The molecule has 1 aliphatic heterocycles. The van der Waals surface area contributed by atoms with Gasteiger partial charge in [0.25, 0.3) is 5.91 Å². The number of carbonyl (C=O) groups excluding carboxylic acids is 1. The molecule has 0 aliphatic carbocycles. The number of thiophene rings is 1. The second-order valence-corrected chi connectivity index (χ2v) is 6.02. The number of aryl methyl sites for hydroxylation is 1. The van der Waals surface area contributed by atoms with E-state index in [0.29, 0.717) is 30.0 Å². The third-order valence-corrected chi connectivity index (χ3v) is 4.23. The van der Waals surface area contributed by atoms with Crippen molar-refractivity contribution < 1.29 is 9.18 Å². The van der Waals surface area contributed by atoms with Crippen LogP contribution in [0.1, 0.15) is 15.9 Å². The number of nitrogens with zero attached hydrogens (tertiary/aromatic N) is 1. The van der Waals surface area contributed by atoms with Gasteiger partial charge in [0, 0.05) is 29.9 Å². The molecule has 21 heavy (non-hydrogen) atoms. The Kier molecular flexibility index (Phi) is 3.65. The molecular weight excluding hydrogens is 289 g/mol. The highest BCUT2D eigenvalue weighted by molar-refractivity contribution is 7.08. The second-order valence-electron chi connectivity index (χ2n) is 5.28. The summed E-state index contributed by atoms with van der Waals surface area (Å²) < 4.78 is 13.9. The molecular formula is C15H16FN3OS. The van der Waals surface area contributed by atoms with Gasteiger partial charge < -0.3 is 16.0 Å². The summed E-state index contributed by atoms with van der Waals surface area (Å²) in [5.74, 6) is -0.390. The molecule has 1 amide bonds. The predicted molar refractivity (Wildman–Crippen MR) is 82.6 cm³/mol. The summed E-state index contributed by atoms with van der Waals surface area (Å²) in [5, 5.41) is 6.59. The van der Waals surface area contributed by atoms with E-state index >= 15 is 0 Å². The van der Waals surface area contributed by atoms with E-state index in [0.717, 1.165) is 5.56 Å². The number of halogens is 1. The monoisotopic (exact) mass is 305 g/mol. The first-order valence-corrected chi connectivity index (χ1v) is 7.63. The zero-order valence-corrected chi connectivity index (χ0v) is 12.4. The number of hydrogen-bond acceptors (Lipinski definition) is 4. The average Bonchev–Trinajstić information content (AvgIpc) is 2.86. The largest absolute Gasteiger partial charge is 0.352 e. The molecule has 1 saturated heterocycles. The first-order chi connectivity index (χ1) is 10.0. The topological polar surface area (TPSA) is 58.4 Å². The normalized spacial score (nSPS) is 14.9. The molecule has 4 nitrogen and oxygen atoms in total. The van der Waals surface area contributed by atoms with Gasteiger partial charge in [-0.25, -0.2) is 4.39 Å². The molecule has 3 N–H and O–H groups in total. The standard InChI is InChI=1S/C15H16FN3OS/c1-9-2-3-13(12(16)4-9)18-14-8-21-7-11(14)15(20)19-5-10(17)6-19/h2-4,7-8,10,18H,5-6,17H2,1H3. The predicted octanol–water partition coefficient (Wildman–Crippen LogP) is 2.72. The van der Waals surface area contributed by atoms with Gasteiger partial charge in [-0.1, -0.05) is 6.07 Å². The van der Waals surface area contributed by atoms with Crippen molar-refractivity contribution in [2.45, 2.75) is 13.0 Å². The summed E-state index contributed by atoms with van der Waals surface area (Å²) in [6.45, 7) is 2.99. The van der Waals surface area contributed by atoms with Gasteiger partial charge in [0.05, 0.1) is 16.9 Å². The Morgan fingerprint density at radius 1 is 1.38 bits per heavy atom. The van der Waals surface area contributed by atoms with Crippen molar-refractivity contribution in [3.05, 3.63) is 45.9 Å². The minimum atomic E-state index is -0.328. The maximum absolute atomic E-state index is 13.9. The van der Waals surface area contributed by atoms with Crippen molar-refractivity contribution in [2.24, 2.45) is 5.73 Å². The highest BCUT2D eigenvalue weighted by Crippen LogP contribution is 2.28. The summed E-state index contributed by atoms with van der Waals surface area (Å²) in [6, 6.07) is 5.03. The zero-order chi connectivity index (χ0) is 15.0. The van der Waals surface area contributed by atoms with Crippen molar-refractivity contribution in [1.82, 2.24) is 4.90 Å². The lowest BCUT2D eigenvalue weighted by Gasteiger charge is -2.36. The van der Waals surface area contributed by atoms with E-state index in [1.165, 1.54) is 17.4 Å². The Morgan fingerprint density at radius 3 is 2.81 bits per heavy atom. The van der Waals surface area contributed by atoms with E-state index in [2.05, 4.69) is 5.32 Å². The lowest BCUT2D eigenvalue weighted by Crippen LogP contribution is -2.57. The molecule has 1 fully saturated rings. The number of hydrogen-bond donors (Lipinski definition) is 2. The number of likely N-dealkylation sites (tertiary alicyclic amines) is 1. The van der Waals surface area contributed by atoms with Crippen molar-refractivity contribution in [3.63, 3.8) is 0 Å². The lowest BCUT2D eigenvalue weighted by molar-refractivity contribution is 0.0609. The van der Waals surface area contributed by atoms with Gasteiger partial charge in [0.2, 0.25) is 0 Å². The third kappa shape index (κ3) is 2.77. The number of amides is 1. The number of anilines is 2. The number of benzene rings is 1. The Labute approximate surface area is 126 Å². The van der Waals surface area contributed by atoms with E-state index in [9.17, 15) is 9.18 Å². The molecule has 6 heteroatoms. The van der Waals surface area contributed by atoms with E-state index in [1.54, 1.807) is 16.3 Å². The zero-order valence-electron chi connectivity index (χ0n) is 11.6. The van der Waals surface area contributed by atoms with E-state index in [1.807, 2.05) is 18.4 Å². The Hall–Kier alpha value is -1.92. The van der Waals surface area contributed by atoms with E-state index in [-0.39, 0.29) is 17.8 Å². The number of carbonyl (C=O) groups is 1. The van der Waals surface area contributed by atoms with Gasteiger partial charge in [-0.15, -0.1) is 11.3 Å². The van der Waals surface area contributed by atoms with Crippen LogP contribution in [0.3, 0.4) is 0 Å². The Bertz CT molecular complexity index is 679. The van der Waals surface area contributed by atoms with Gasteiger partial charge in [0.15, 0.2) is 0 Å². The van der Waals surface area contributed by atoms with E-state index in [4.69, 9.17) is 5.73 Å². The van der Waals surface area contributed by atoms with Crippen LogP contribution in [0.4, 0.5) is 15.8 Å². The summed E-state index contributed by atoms with van der Waals surface area (Å²) in [4.78, 5) is 14.0. The maximum Gasteiger partial charge on any atom is 0.256 e. The lowest BCUT2D eigenvalue weighted by atomic mass is 10.1. The first-order valence-electron chi connectivity index (χ1n) is 6.69. The van der Waals surface area contributed by atoms with Crippen LogP contribution in [0.25, 0.3) is 0 Å². The van der Waals surface area contributed by atoms with Gasteiger partial charge >= 0.3 is 0 Å². The summed E-state index contributed by atoms with van der Waals surface area (Å²) in [7, 11) is 0. The van der Waals surface area contributed by atoms with Gasteiger partial charge in [-0.3, -0.25) is 4.79 Å². The molecule has 0 spiro atoms. The van der Waals surface area contributed by atoms with Crippen LogP contribution in [0.5, 0.6) is 0 Å². The van der Waals surface area contributed by atoms with Gasteiger partial charge in [0.1, 0.15) is 5.82 Å². The average molecular weight is 305 g/mol. The fourth-order valence-electron chi connectivity index (χ4n) is 2.27. The Morgan fingerprint density at radius 2 is 2.14 bits per heavy atom. The summed E-state index contributed by atoms with van der Waals surface area (Å²) in [5.41, 5.74) is 8.12. The van der Waals surface area contributed by atoms with Crippen LogP contribution in [0.2, 0.25) is 0 Å². The molecule has 0 bridgehead atoms. The van der Waals surface area contributed by atoms with Gasteiger partial charge in [-0.05, 0) is 24.6 Å². The number of nitrogens with one attached hydrogen (secondary N) is 1. The second kappa shape index (κ2) is 5.46. The highest BCUT2D eigenvalue weighted by Gasteiger charge is 2.30. The van der Waals surface area contributed by atoms with Crippen LogP contribution in [0, 0.1) is 12.7 Å². The molecule has 0 radical (unpaired) electrons. The van der Waals surface area contributed by atoms with Crippen LogP contribution in [-0.2, 0) is 0 Å². The summed E-state index contributed by atoms with van der Waals surface area (Å²) in [6.07, 6.45) is 0. The molecule has 0 atom stereocenters. The van der Waals surface area contributed by atoms with Crippen molar-refractivity contribution in [1.29, 1.82) is 0 Å². The molecule has 1 aromatic heterocycles. The molecule has 1 aromatic carbocycles. The van der Waals surface area contributed by atoms with Crippen LogP contribution >= 0.6 is 11.3 Å². The quantitative estimate of drug-likeness (QED) is 0.916. The maximum atomic E-state index is 13.9. The fraction of sp³-hybridized carbons (Fsp3) is 0.267.